The van der Waals surface area contributed by atoms with E-state index >= 15 is 0 Å². The molecule has 0 bridgehead atoms. The Bertz CT molecular complexity index is 1480. The lowest BCUT2D eigenvalue weighted by Gasteiger charge is -2.20. The van der Waals surface area contributed by atoms with Crippen LogP contribution in [0.5, 0.6) is 0 Å². The summed E-state index contributed by atoms with van der Waals surface area (Å²) in [5, 5.41) is 8.62. The lowest BCUT2D eigenvalue weighted by molar-refractivity contribution is -0.123. The van der Waals surface area contributed by atoms with E-state index in [1.807, 2.05) is 38.2 Å². The molecule has 0 spiro atoms. The smallest absolute Gasteiger partial charge is 0.262 e. The fourth-order valence-corrected chi connectivity index (χ4v) is 4.67. The van der Waals surface area contributed by atoms with Crippen LogP contribution in [0.3, 0.4) is 0 Å². The average Bonchev–Trinajstić information content (AvgIpc) is 3.19. The number of aromatic nitrogens is 1. The third kappa shape index (κ3) is 6.40. The van der Waals surface area contributed by atoms with Crippen molar-refractivity contribution < 1.29 is 9.59 Å². The van der Waals surface area contributed by atoms with E-state index in [1.165, 1.54) is 23.3 Å². The number of aryl methyl sites for hydroxylation is 1. The SMILES string of the molecule is Cc1cccc(Cn2cc(/C=N\NC(=O)C(NC(=O)c3ccc(Cl)cc3Cl)C(C)C)c3ccccc32)c1. The molecule has 3 aromatic carbocycles. The van der Waals surface area contributed by atoms with Crippen molar-refractivity contribution in [3.05, 3.63) is 105 Å². The Balaban J connectivity index is 1.49. The summed E-state index contributed by atoms with van der Waals surface area (Å²) in [5.74, 6) is -1.06. The second-order valence-electron chi connectivity index (χ2n) is 9.27. The first-order valence-electron chi connectivity index (χ1n) is 11.9. The van der Waals surface area contributed by atoms with Gasteiger partial charge >= 0.3 is 0 Å². The molecule has 0 aliphatic carbocycles. The predicted molar refractivity (Wildman–Crippen MR) is 151 cm³/mol. The summed E-state index contributed by atoms with van der Waals surface area (Å²) in [6.45, 7) is 6.49. The van der Waals surface area contributed by atoms with Gasteiger partial charge in [0.05, 0.1) is 16.8 Å². The summed E-state index contributed by atoms with van der Waals surface area (Å²) in [5.41, 5.74) is 7.19. The lowest BCUT2D eigenvalue weighted by Crippen LogP contribution is -2.48. The number of benzene rings is 3. The highest BCUT2D eigenvalue weighted by Crippen LogP contribution is 2.22. The molecule has 2 N–H and O–H groups in total. The molecule has 0 radical (unpaired) electrons. The fourth-order valence-electron chi connectivity index (χ4n) is 4.18. The molecule has 0 aliphatic heterocycles. The number of hydrogen-bond acceptors (Lipinski definition) is 3. The molecule has 37 heavy (non-hydrogen) atoms. The Morgan fingerprint density at radius 3 is 2.54 bits per heavy atom. The molecule has 0 saturated heterocycles. The number of carbonyl (C=O) groups is 2. The number of amides is 2. The van der Waals surface area contributed by atoms with Crippen LogP contribution in [-0.4, -0.2) is 28.6 Å². The minimum Gasteiger partial charge on any atom is -0.342 e. The van der Waals surface area contributed by atoms with Crippen molar-refractivity contribution >= 4 is 52.1 Å². The number of nitrogens with one attached hydrogen (secondary N) is 2. The third-order valence-electron chi connectivity index (χ3n) is 6.04. The molecule has 190 valence electrons. The summed E-state index contributed by atoms with van der Waals surface area (Å²) in [4.78, 5) is 25.7. The van der Waals surface area contributed by atoms with Crippen LogP contribution in [0.25, 0.3) is 10.9 Å². The molecule has 8 heteroatoms. The van der Waals surface area contributed by atoms with Crippen molar-refractivity contribution in [1.29, 1.82) is 0 Å². The first-order valence-corrected chi connectivity index (χ1v) is 12.7. The van der Waals surface area contributed by atoms with Crippen LogP contribution in [0.2, 0.25) is 10.0 Å². The Hall–Kier alpha value is -3.61. The van der Waals surface area contributed by atoms with Gasteiger partial charge in [0.15, 0.2) is 0 Å². The van der Waals surface area contributed by atoms with Gasteiger partial charge in [-0.1, -0.05) is 85.1 Å². The first-order chi connectivity index (χ1) is 17.7. The third-order valence-corrected chi connectivity index (χ3v) is 6.59. The monoisotopic (exact) mass is 534 g/mol. The molecule has 0 saturated carbocycles. The van der Waals surface area contributed by atoms with Gasteiger partial charge in [0.2, 0.25) is 0 Å². The zero-order valence-electron chi connectivity index (χ0n) is 20.8. The fraction of sp³-hybridized carbons (Fsp3) is 0.207. The quantitative estimate of drug-likeness (QED) is 0.208. The number of hydrazone groups is 1. The number of hydrogen-bond donors (Lipinski definition) is 2. The van der Waals surface area contributed by atoms with Gasteiger partial charge in [-0.05, 0) is 42.7 Å². The summed E-state index contributed by atoms with van der Waals surface area (Å²) >= 11 is 12.1. The summed E-state index contributed by atoms with van der Waals surface area (Å²) in [6, 6.07) is 20.3. The molecule has 4 rings (SSSR count). The second kappa shape index (κ2) is 11.6. The molecule has 1 unspecified atom stereocenters. The van der Waals surface area contributed by atoms with Crippen LogP contribution in [-0.2, 0) is 11.3 Å². The lowest BCUT2D eigenvalue weighted by atomic mass is 10.0. The van der Waals surface area contributed by atoms with Gasteiger partial charge in [0, 0.05) is 34.2 Å². The van der Waals surface area contributed by atoms with Crippen LogP contribution < -0.4 is 10.7 Å². The molecule has 2 amide bonds. The van der Waals surface area contributed by atoms with Crippen LogP contribution in [0.4, 0.5) is 0 Å². The maximum atomic E-state index is 12.9. The van der Waals surface area contributed by atoms with E-state index in [2.05, 4.69) is 57.7 Å². The van der Waals surface area contributed by atoms with E-state index < -0.39 is 17.9 Å². The highest BCUT2D eigenvalue weighted by atomic mass is 35.5. The highest BCUT2D eigenvalue weighted by Gasteiger charge is 2.25. The van der Waals surface area contributed by atoms with Gasteiger partial charge in [-0.2, -0.15) is 5.10 Å². The minimum absolute atomic E-state index is 0.179. The second-order valence-corrected chi connectivity index (χ2v) is 10.1. The van der Waals surface area contributed by atoms with E-state index in [-0.39, 0.29) is 16.5 Å². The molecule has 4 aromatic rings. The molecule has 0 fully saturated rings. The number of rotatable bonds is 8. The number of halogens is 2. The Morgan fingerprint density at radius 2 is 1.81 bits per heavy atom. The molecule has 1 atom stereocenters. The summed E-state index contributed by atoms with van der Waals surface area (Å²) in [7, 11) is 0. The van der Waals surface area contributed by atoms with Gasteiger partial charge in [-0.25, -0.2) is 5.43 Å². The minimum atomic E-state index is -0.806. The molecule has 1 heterocycles. The van der Waals surface area contributed by atoms with Crippen LogP contribution in [0, 0.1) is 12.8 Å². The van der Waals surface area contributed by atoms with E-state index in [0.717, 1.165) is 23.0 Å². The van der Waals surface area contributed by atoms with Gasteiger partial charge in [-0.3, -0.25) is 9.59 Å². The largest absolute Gasteiger partial charge is 0.342 e. The van der Waals surface area contributed by atoms with Gasteiger partial charge in [0.25, 0.3) is 11.8 Å². The van der Waals surface area contributed by atoms with Crippen molar-refractivity contribution in [1.82, 2.24) is 15.3 Å². The molecular formula is C29H28Cl2N4O2. The normalized spacial score (nSPS) is 12.3. The van der Waals surface area contributed by atoms with Crippen molar-refractivity contribution in [3.63, 3.8) is 0 Å². The zero-order chi connectivity index (χ0) is 26.5. The maximum Gasteiger partial charge on any atom is 0.262 e. The van der Waals surface area contributed by atoms with E-state index in [9.17, 15) is 9.59 Å². The van der Waals surface area contributed by atoms with Gasteiger partial charge < -0.3 is 9.88 Å². The Labute approximate surface area is 226 Å². The summed E-state index contributed by atoms with van der Waals surface area (Å²) in [6.07, 6.45) is 3.65. The van der Waals surface area contributed by atoms with Gasteiger partial charge in [-0.15, -0.1) is 0 Å². The van der Waals surface area contributed by atoms with Crippen molar-refractivity contribution in [2.45, 2.75) is 33.4 Å². The predicted octanol–water partition coefficient (Wildman–Crippen LogP) is 6.21. The van der Waals surface area contributed by atoms with Crippen molar-refractivity contribution in [3.8, 4) is 0 Å². The zero-order valence-corrected chi connectivity index (χ0v) is 22.3. The van der Waals surface area contributed by atoms with Crippen LogP contribution >= 0.6 is 23.2 Å². The van der Waals surface area contributed by atoms with E-state index in [1.54, 1.807) is 12.3 Å². The number of fused-ring (bicyclic) bond motifs is 1. The Kier molecular flexibility index (Phi) is 8.31. The van der Waals surface area contributed by atoms with Crippen LogP contribution in [0.15, 0.2) is 78.0 Å². The van der Waals surface area contributed by atoms with Crippen molar-refractivity contribution in [2.24, 2.45) is 11.0 Å². The summed E-state index contributed by atoms with van der Waals surface area (Å²) < 4.78 is 2.17. The molecule has 6 nitrogen and oxygen atoms in total. The molecule has 1 aromatic heterocycles. The highest BCUT2D eigenvalue weighted by molar-refractivity contribution is 6.36. The van der Waals surface area contributed by atoms with Crippen LogP contribution in [0.1, 0.15) is 40.9 Å². The maximum absolute atomic E-state index is 12.9. The Morgan fingerprint density at radius 1 is 1.03 bits per heavy atom. The van der Waals surface area contributed by atoms with Crippen molar-refractivity contribution in [2.75, 3.05) is 0 Å². The number of nitrogens with zero attached hydrogens (tertiary/aromatic N) is 2. The number of para-hydroxylation sites is 1. The molecular weight excluding hydrogens is 507 g/mol. The standard InChI is InChI=1S/C29H28Cl2N4O2/c1-18(2)27(33-28(36)24-12-11-22(30)14-25(24)31)29(37)34-32-15-21-17-35(26-10-5-4-9-23(21)26)16-20-8-6-7-19(3)13-20/h4-15,17-18,27H,16H2,1-3H3,(H,33,36)(H,34,37)/b32-15-. The molecule has 0 aliphatic rings. The van der Waals surface area contributed by atoms with E-state index in [4.69, 9.17) is 23.2 Å². The van der Waals surface area contributed by atoms with Gasteiger partial charge in [0.1, 0.15) is 6.04 Å². The van der Waals surface area contributed by atoms with E-state index in [0.29, 0.717) is 5.02 Å². The average molecular weight is 535 g/mol. The topological polar surface area (TPSA) is 75.5 Å². The first kappa shape index (κ1) is 26.5. The number of carbonyl (C=O) groups excluding carboxylic acids is 2.